The molecule has 0 bridgehead atoms. The maximum absolute atomic E-state index is 14.2. The number of hydrogen-bond donors (Lipinski definition) is 1. The molecule has 2 amide bonds. The fraction of sp³-hybridized carbons (Fsp3) is 0.355. The molecular weight excluding hydrogens is 562 g/mol. The number of rotatable bonds is 14. The van der Waals surface area contributed by atoms with Gasteiger partial charge in [-0.3, -0.25) is 13.9 Å². The summed E-state index contributed by atoms with van der Waals surface area (Å²) >= 11 is 6.45. The maximum Gasteiger partial charge on any atom is 0.264 e. The highest BCUT2D eigenvalue weighted by molar-refractivity contribution is 7.92. The average molecular weight is 600 g/mol. The van der Waals surface area contributed by atoms with Gasteiger partial charge in [0, 0.05) is 18.1 Å². The SMILES string of the molecule is CCOc1ccccc1N(CC(=O)N(Cc1ccccc1Cl)C(CC)C(=O)NCC(C)C)S(=O)(=O)c1ccccc1. The molecule has 0 aliphatic heterocycles. The van der Waals surface area contributed by atoms with Crippen LogP contribution in [0.1, 0.15) is 39.7 Å². The Hall–Kier alpha value is -3.56. The Morgan fingerprint density at radius 2 is 1.56 bits per heavy atom. The van der Waals surface area contributed by atoms with E-state index < -0.39 is 28.5 Å². The van der Waals surface area contributed by atoms with E-state index in [1.165, 1.54) is 17.0 Å². The van der Waals surface area contributed by atoms with Gasteiger partial charge in [-0.1, -0.05) is 80.9 Å². The number of benzene rings is 3. The lowest BCUT2D eigenvalue weighted by atomic mass is 10.1. The van der Waals surface area contributed by atoms with Crippen LogP contribution in [0.5, 0.6) is 5.75 Å². The van der Waals surface area contributed by atoms with Crippen molar-refractivity contribution < 1.29 is 22.7 Å². The highest BCUT2D eigenvalue weighted by Crippen LogP contribution is 2.33. The summed E-state index contributed by atoms with van der Waals surface area (Å²) in [6.07, 6.45) is 0.321. The highest BCUT2D eigenvalue weighted by atomic mass is 35.5. The lowest BCUT2D eigenvalue weighted by Gasteiger charge is -2.33. The van der Waals surface area contributed by atoms with Gasteiger partial charge in [0.25, 0.3) is 10.0 Å². The number of carbonyl (C=O) groups excluding carboxylic acids is 2. The Bertz CT molecular complexity index is 1420. The molecule has 1 atom stereocenters. The summed E-state index contributed by atoms with van der Waals surface area (Å²) in [7, 11) is -4.20. The number of halogens is 1. The first-order valence-corrected chi connectivity index (χ1v) is 15.5. The average Bonchev–Trinajstić information content (AvgIpc) is 2.96. The summed E-state index contributed by atoms with van der Waals surface area (Å²) in [5.41, 5.74) is 0.867. The van der Waals surface area contributed by atoms with E-state index in [1.807, 2.05) is 20.8 Å². The molecule has 10 heteroatoms. The summed E-state index contributed by atoms with van der Waals surface area (Å²) in [6, 6.07) is 20.8. The first-order valence-electron chi connectivity index (χ1n) is 13.7. The molecule has 0 saturated heterocycles. The molecule has 0 spiro atoms. The normalized spacial score (nSPS) is 12.0. The summed E-state index contributed by atoms with van der Waals surface area (Å²) in [5.74, 6) is -0.330. The third kappa shape index (κ3) is 8.24. The number of ether oxygens (including phenoxy) is 1. The highest BCUT2D eigenvalue weighted by Gasteiger charge is 2.35. The van der Waals surface area contributed by atoms with Gasteiger partial charge in [0.2, 0.25) is 11.8 Å². The van der Waals surface area contributed by atoms with E-state index in [2.05, 4.69) is 5.32 Å². The van der Waals surface area contributed by atoms with Crippen molar-refractivity contribution in [3.05, 3.63) is 89.4 Å². The molecule has 1 unspecified atom stereocenters. The zero-order chi connectivity index (χ0) is 30.0. The first-order chi connectivity index (χ1) is 19.6. The third-order valence-corrected chi connectivity index (χ3v) is 8.56. The number of hydrogen-bond acceptors (Lipinski definition) is 5. The van der Waals surface area contributed by atoms with Gasteiger partial charge in [0.15, 0.2) is 0 Å². The second-order valence-corrected chi connectivity index (χ2v) is 12.2. The molecule has 3 rings (SSSR count). The second kappa shape index (κ2) is 14.9. The summed E-state index contributed by atoms with van der Waals surface area (Å²) in [4.78, 5) is 28.9. The standard InChI is InChI=1S/C31H38ClN3O5S/c1-5-27(31(37)33-20-23(3)4)34(21-24-14-10-11-17-26(24)32)30(36)22-35(28-18-12-13-19-29(28)40-6-2)41(38,39)25-15-8-7-9-16-25/h7-19,23,27H,5-6,20-22H2,1-4H3,(H,33,37). The van der Waals surface area contributed by atoms with E-state index in [0.717, 1.165) is 4.31 Å². The van der Waals surface area contributed by atoms with Gasteiger partial charge in [-0.25, -0.2) is 8.42 Å². The van der Waals surface area contributed by atoms with Crippen molar-refractivity contribution in [2.45, 2.75) is 51.6 Å². The van der Waals surface area contributed by atoms with Crippen LogP contribution in [-0.4, -0.2) is 50.9 Å². The lowest BCUT2D eigenvalue weighted by molar-refractivity contribution is -0.140. The van der Waals surface area contributed by atoms with Crippen molar-refractivity contribution in [1.29, 1.82) is 0 Å². The quantitative estimate of drug-likeness (QED) is 0.263. The van der Waals surface area contributed by atoms with E-state index >= 15 is 0 Å². The molecule has 3 aromatic rings. The Kier molecular flexibility index (Phi) is 11.6. The van der Waals surface area contributed by atoms with Crippen LogP contribution in [-0.2, 0) is 26.2 Å². The van der Waals surface area contributed by atoms with Crippen molar-refractivity contribution in [1.82, 2.24) is 10.2 Å². The minimum Gasteiger partial charge on any atom is -0.492 e. The van der Waals surface area contributed by atoms with Crippen LogP contribution in [0.2, 0.25) is 5.02 Å². The molecule has 0 aromatic heterocycles. The van der Waals surface area contributed by atoms with Crippen molar-refractivity contribution in [3.63, 3.8) is 0 Å². The topological polar surface area (TPSA) is 96.0 Å². The minimum absolute atomic E-state index is 0.0262. The van der Waals surface area contributed by atoms with Crippen LogP contribution < -0.4 is 14.4 Å². The van der Waals surface area contributed by atoms with Crippen molar-refractivity contribution in [2.24, 2.45) is 5.92 Å². The maximum atomic E-state index is 14.2. The van der Waals surface area contributed by atoms with Crippen LogP contribution >= 0.6 is 11.6 Å². The molecule has 0 fully saturated rings. The van der Waals surface area contributed by atoms with E-state index in [4.69, 9.17) is 16.3 Å². The molecule has 0 heterocycles. The third-order valence-electron chi connectivity index (χ3n) is 6.41. The predicted molar refractivity (Wildman–Crippen MR) is 163 cm³/mol. The molecular formula is C31H38ClN3O5S. The van der Waals surface area contributed by atoms with Gasteiger partial charge in [-0.2, -0.15) is 0 Å². The fourth-order valence-corrected chi connectivity index (χ4v) is 5.97. The van der Waals surface area contributed by atoms with Gasteiger partial charge in [-0.15, -0.1) is 0 Å². The predicted octanol–water partition coefficient (Wildman–Crippen LogP) is 5.51. The molecule has 1 N–H and O–H groups in total. The van der Waals surface area contributed by atoms with Crippen LogP contribution in [0.3, 0.4) is 0 Å². The van der Waals surface area contributed by atoms with E-state index in [-0.39, 0.29) is 29.0 Å². The number of anilines is 1. The van der Waals surface area contributed by atoms with E-state index in [1.54, 1.807) is 73.7 Å². The monoisotopic (exact) mass is 599 g/mol. The number of sulfonamides is 1. The van der Waals surface area contributed by atoms with Gasteiger partial charge < -0.3 is 15.0 Å². The van der Waals surface area contributed by atoms with E-state index in [9.17, 15) is 18.0 Å². The van der Waals surface area contributed by atoms with Crippen LogP contribution in [0.4, 0.5) is 5.69 Å². The Morgan fingerprint density at radius 3 is 2.20 bits per heavy atom. The van der Waals surface area contributed by atoms with Crippen molar-refractivity contribution in [3.8, 4) is 5.75 Å². The second-order valence-electron chi connectivity index (χ2n) is 9.90. The number of carbonyl (C=O) groups is 2. The van der Waals surface area contributed by atoms with Crippen molar-refractivity contribution in [2.75, 3.05) is 24.0 Å². The molecule has 220 valence electrons. The van der Waals surface area contributed by atoms with Gasteiger partial charge in [0.1, 0.15) is 18.3 Å². The minimum atomic E-state index is -4.20. The summed E-state index contributed by atoms with van der Waals surface area (Å²) in [6.45, 7) is 7.79. The number of nitrogens with one attached hydrogen (secondary N) is 1. The molecule has 0 aliphatic carbocycles. The molecule has 41 heavy (non-hydrogen) atoms. The van der Waals surface area contributed by atoms with E-state index in [0.29, 0.717) is 35.9 Å². The Morgan fingerprint density at radius 1 is 0.927 bits per heavy atom. The lowest BCUT2D eigenvalue weighted by Crippen LogP contribution is -2.52. The zero-order valence-corrected chi connectivity index (χ0v) is 25.5. The van der Waals surface area contributed by atoms with Gasteiger partial charge >= 0.3 is 0 Å². The van der Waals surface area contributed by atoms with Crippen LogP contribution in [0, 0.1) is 5.92 Å². The molecule has 0 saturated carbocycles. The Balaban J connectivity index is 2.09. The van der Waals surface area contributed by atoms with Crippen molar-refractivity contribution >= 4 is 39.1 Å². The molecule has 3 aromatic carbocycles. The number of amides is 2. The summed E-state index contributed by atoms with van der Waals surface area (Å²) in [5, 5.41) is 3.36. The van der Waals surface area contributed by atoms with Gasteiger partial charge in [-0.05, 0) is 55.2 Å². The number of para-hydroxylation sites is 2. The van der Waals surface area contributed by atoms with Crippen LogP contribution in [0.25, 0.3) is 0 Å². The smallest absolute Gasteiger partial charge is 0.264 e. The summed E-state index contributed by atoms with van der Waals surface area (Å²) < 4.78 is 34.8. The fourth-order valence-electron chi connectivity index (χ4n) is 4.33. The van der Waals surface area contributed by atoms with Gasteiger partial charge in [0.05, 0.1) is 17.2 Å². The first kappa shape index (κ1) is 32.0. The van der Waals surface area contributed by atoms with Crippen LogP contribution in [0.15, 0.2) is 83.8 Å². The molecule has 8 nitrogen and oxygen atoms in total. The molecule has 0 aliphatic rings. The largest absolute Gasteiger partial charge is 0.492 e. The molecule has 0 radical (unpaired) electrons. The zero-order valence-electron chi connectivity index (χ0n) is 23.9. The Labute approximate surface area is 248 Å². The number of nitrogens with zero attached hydrogens (tertiary/aromatic N) is 2.